The molecule has 0 fully saturated rings. The number of anilines is 1. The van der Waals surface area contributed by atoms with Crippen molar-refractivity contribution in [2.45, 2.75) is 24.4 Å². The van der Waals surface area contributed by atoms with Crippen LogP contribution in [-0.4, -0.2) is 38.2 Å². The predicted octanol–water partition coefficient (Wildman–Crippen LogP) is 7.87. The number of alkyl halides is 7. The molecular weight excluding hydrogens is 604 g/mol. The highest BCUT2D eigenvalue weighted by atomic mass is 35.5. The molecular formula is C27H17Cl2F7N2O3. The summed E-state index contributed by atoms with van der Waals surface area (Å²) >= 11 is 11.8. The Kier molecular flexibility index (Phi) is 8.96. The number of methoxy groups -OCH3 is 1. The van der Waals surface area contributed by atoms with Crippen LogP contribution in [0.15, 0.2) is 54.6 Å². The van der Waals surface area contributed by atoms with Crippen LogP contribution in [0.3, 0.4) is 0 Å². The minimum atomic E-state index is -6.38. The number of rotatable bonds is 7. The van der Waals surface area contributed by atoms with Gasteiger partial charge in [-0.2, -0.15) is 31.6 Å². The molecule has 0 heterocycles. The Morgan fingerprint density at radius 1 is 0.927 bits per heavy atom. The molecule has 0 aromatic heterocycles. The highest BCUT2D eigenvalue weighted by Gasteiger charge is 2.73. The fraction of sp³-hybridized carbons (Fsp3) is 0.222. The smallest absolute Gasteiger partial charge is 0.435 e. The van der Waals surface area contributed by atoms with Gasteiger partial charge in [-0.3, -0.25) is 9.59 Å². The van der Waals surface area contributed by atoms with Crippen molar-refractivity contribution in [3.05, 3.63) is 92.5 Å². The third-order valence-electron chi connectivity index (χ3n) is 6.08. The molecule has 3 aromatic carbocycles. The average molecular weight is 621 g/mol. The zero-order valence-corrected chi connectivity index (χ0v) is 22.4. The van der Waals surface area contributed by atoms with Crippen LogP contribution in [0.1, 0.15) is 37.4 Å². The van der Waals surface area contributed by atoms with Crippen molar-refractivity contribution >= 4 is 40.6 Å². The Balaban J connectivity index is 1.98. The number of carbonyl (C=O) groups is 2. The SMILES string of the molecule is COc1c(C(=O)Cc2c(Cl)cc(C(F)(C(F)(F)F)C(F)(F)F)cc2Cl)cccc1N(C)C(=O)c1ccc(C#N)cc1. The largest absolute Gasteiger partial charge is 0.494 e. The van der Waals surface area contributed by atoms with E-state index in [2.05, 4.69) is 0 Å². The lowest BCUT2D eigenvalue weighted by Crippen LogP contribution is -2.50. The maximum Gasteiger partial charge on any atom is 0.435 e. The quantitative estimate of drug-likeness (QED) is 0.199. The number of halogens is 9. The van der Waals surface area contributed by atoms with E-state index in [0.29, 0.717) is 5.56 Å². The van der Waals surface area contributed by atoms with Crippen LogP contribution in [0.25, 0.3) is 0 Å². The molecule has 0 spiro atoms. The first-order chi connectivity index (χ1) is 19.0. The lowest BCUT2D eigenvalue weighted by molar-refractivity contribution is -0.348. The summed E-state index contributed by atoms with van der Waals surface area (Å²) in [6.07, 6.45) is -13.5. The van der Waals surface area contributed by atoms with Gasteiger partial charge in [0.15, 0.2) is 11.5 Å². The van der Waals surface area contributed by atoms with E-state index in [1.54, 1.807) is 0 Å². The second kappa shape index (κ2) is 11.6. The van der Waals surface area contributed by atoms with Crippen LogP contribution in [0.4, 0.5) is 36.4 Å². The van der Waals surface area contributed by atoms with Gasteiger partial charge in [0.25, 0.3) is 5.91 Å². The van der Waals surface area contributed by atoms with Gasteiger partial charge in [0.05, 0.1) is 30.0 Å². The minimum absolute atomic E-state index is 0.0808. The van der Waals surface area contributed by atoms with E-state index in [9.17, 15) is 40.3 Å². The molecule has 41 heavy (non-hydrogen) atoms. The van der Waals surface area contributed by atoms with Crippen LogP contribution < -0.4 is 9.64 Å². The molecule has 5 nitrogen and oxygen atoms in total. The Morgan fingerprint density at radius 2 is 1.46 bits per heavy atom. The van der Waals surface area contributed by atoms with Crippen molar-refractivity contribution in [2.75, 3.05) is 19.1 Å². The van der Waals surface area contributed by atoms with Crippen molar-refractivity contribution in [2.24, 2.45) is 0 Å². The summed E-state index contributed by atoms with van der Waals surface area (Å²) in [5.41, 5.74) is -7.46. The molecule has 3 aromatic rings. The molecule has 216 valence electrons. The molecule has 0 aliphatic carbocycles. The van der Waals surface area contributed by atoms with Gasteiger partial charge < -0.3 is 9.64 Å². The Bertz CT molecular complexity index is 1490. The molecule has 0 aliphatic heterocycles. The molecule has 0 bridgehead atoms. The minimum Gasteiger partial charge on any atom is -0.494 e. The van der Waals surface area contributed by atoms with E-state index < -0.39 is 51.7 Å². The first-order valence-electron chi connectivity index (χ1n) is 11.3. The monoisotopic (exact) mass is 620 g/mol. The van der Waals surface area contributed by atoms with E-state index in [0.717, 1.165) is 0 Å². The standard InChI is InChI=1S/C27H17Cl2F7N2O3/c1-38(24(40)15-8-6-14(13-37)7-9-15)21-5-3-4-17(23(21)41-2)22(39)12-18-19(28)10-16(11-20(18)29)25(30,26(31,32)33)27(34,35)36/h3-11H,12H2,1-2H3. The molecule has 0 N–H and O–H groups in total. The number of ketones is 1. The zero-order chi connectivity index (χ0) is 30.9. The predicted molar refractivity (Wildman–Crippen MR) is 136 cm³/mol. The molecule has 14 heteroatoms. The van der Waals surface area contributed by atoms with Gasteiger partial charge in [0.2, 0.25) is 0 Å². The number of nitriles is 1. The third-order valence-corrected chi connectivity index (χ3v) is 6.76. The first-order valence-corrected chi connectivity index (χ1v) is 12.0. The molecule has 3 rings (SSSR count). The van der Waals surface area contributed by atoms with Gasteiger partial charge in [0.1, 0.15) is 0 Å². The first kappa shape index (κ1) is 31.7. The molecule has 0 saturated carbocycles. The average Bonchev–Trinajstić information content (AvgIpc) is 2.91. The third kappa shape index (κ3) is 5.96. The number of nitrogens with zero attached hydrogens (tertiary/aromatic N) is 2. The van der Waals surface area contributed by atoms with E-state index in [-0.39, 0.29) is 40.3 Å². The van der Waals surface area contributed by atoms with Crippen molar-refractivity contribution < 1.29 is 45.1 Å². The second-order valence-corrected chi connectivity index (χ2v) is 9.40. The van der Waals surface area contributed by atoms with E-state index >= 15 is 0 Å². The van der Waals surface area contributed by atoms with E-state index in [1.807, 2.05) is 6.07 Å². The zero-order valence-electron chi connectivity index (χ0n) is 20.9. The Morgan fingerprint density at radius 3 is 1.93 bits per heavy atom. The van der Waals surface area contributed by atoms with Gasteiger partial charge in [0, 0.05) is 34.6 Å². The summed E-state index contributed by atoms with van der Waals surface area (Å²) in [4.78, 5) is 27.4. The number of carbonyl (C=O) groups excluding carboxylic acids is 2. The second-order valence-electron chi connectivity index (χ2n) is 8.58. The molecule has 0 saturated heterocycles. The van der Waals surface area contributed by atoms with Crippen molar-refractivity contribution in [3.8, 4) is 11.8 Å². The van der Waals surface area contributed by atoms with Gasteiger partial charge in [-0.25, -0.2) is 4.39 Å². The summed E-state index contributed by atoms with van der Waals surface area (Å²) in [5, 5.41) is 7.33. The maximum absolute atomic E-state index is 14.5. The number of para-hydroxylation sites is 1. The molecule has 0 aliphatic rings. The Labute approximate surface area is 238 Å². The summed E-state index contributed by atoms with van der Waals surface area (Å²) < 4.78 is 98.9. The molecule has 1 amide bonds. The number of hydrogen-bond acceptors (Lipinski definition) is 4. The van der Waals surface area contributed by atoms with Gasteiger partial charge >= 0.3 is 18.0 Å². The van der Waals surface area contributed by atoms with Crippen LogP contribution in [0.2, 0.25) is 10.0 Å². The lowest BCUT2D eigenvalue weighted by Gasteiger charge is -2.30. The summed E-state index contributed by atoms with van der Waals surface area (Å²) in [6.45, 7) is 0. The maximum atomic E-state index is 14.5. The fourth-order valence-electron chi connectivity index (χ4n) is 3.93. The van der Waals surface area contributed by atoms with Gasteiger partial charge in [-0.05, 0) is 54.1 Å². The van der Waals surface area contributed by atoms with Gasteiger partial charge in [-0.15, -0.1) is 0 Å². The summed E-state index contributed by atoms with van der Waals surface area (Å²) in [7, 11) is 2.60. The molecule has 0 radical (unpaired) electrons. The van der Waals surface area contributed by atoms with E-state index in [4.69, 9.17) is 33.2 Å². The van der Waals surface area contributed by atoms with E-state index in [1.165, 1.54) is 61.5 Å². The fourth-order valence-corrected chi connectivity index (χ4v) is 4.55. The van der Waals surface area contributed by atoms with Gasteiger partial charge in [-0.1, -0.05) is 29.3 Å². The van der Waals surface area contributed by atoms with Crippen LogP contribution in [0, 0.1) is 11.3 Å². The highest BCUT2D eigenvalue weighted by Crippen LogP contribution is 2.54. The molecule has 0 atom stereocenters. The van der Waals surface area contributed by atoms with Crippen molar-refractivity contribution in [1.29, 1.82) is 5.26 Å². The van der Waals surface area contributed by atoms with Crippen LogP contribution in [-0.2, 0) is 12.1 Å². The van der Waals surface area contributed by atoms with Crippen LogP contribution >= 0.6 is 23.2 Å². The number of benzene rings is 3. The summed E-state index contributed by atoms with van der Waals surface area (Å²) in [6, 6.07) is 12.1. The number of amides is 1. The lowest BCUT2D eigenvalue weighted by atomic mass is 9.92. The molecule has 0 unspecified atom stereocenters. The number of hydrogen-bond donors (Lipinski definition) is 0. The van der Waals surface area contributed by atoms with Crippen molar-refractivity contribution in [3.63, 3.8) is 0 Å². The number of ether oxygens (including phenoxy) is 1. The van der Waals surface area contributed by atoms with Crippen LogP contribution in [0.5, 0.6) is 5.75 Å². The topological polar surface area (TPSA) is 70.4 Å². The highest BCUT2D eigenvalue weighted by molar-refractivity contribution is 6.36. The normalized spacial score (nSPS) is 12.0. The Hall–Kier alpha value is -3.82. The van der Waals surface area contributed by atoms with Crippen molar-refractivity contribution in [1.82, 2.24) is 0 Å². The number of Topliss-reactive ketones (excluding diaryl/α,β-unsaturated/α-hetero) is 1. The summed E-state index contributed by atoms with van der Waals surface area (Å²) in [5.74, 6) is -1.39.